The summed E-state index contributed by atoms with van der Waals surface area (Å²) in [6.07, 6.45) is 3.87. The van der Waals surface area contributed by atoms with Gasteiger partial charge in [0.25, 0.3) is 0 Å². The highest BCUT2D eigenvalue weighted by atomic mass is 16.7. The van der Waals surface area contributed by atoms with E-state index in [0.717, 1.165) is 27.9 Å². The van der Waals surface area contributed by atoms with Gasteiger partial charge in [-0.15, -0.1) is 0 Å². The molecule has 5 nitrogen and oxygen atoms in total. The van der Waals surface area contributed by atoms with Gasteiger partial charge in [-0.05, 0) is 18.2 Å². The number of anilines is 1. The van der Waals surface area contributed by atoms with Crippen LogP contribution in [0.5, 0.6) is 11.5 Å². The number of nitrogen functional groups attached to an aromatic ring is 1. The minimum Gasteiger partial charge on any atom is -0.454 e. The normalized spacial score (nSPS) is 13.3. The number of benzene rings is 2. The van der Waals surface area contributed by atoms with Gasteiger partial charge in [-0.2, -0.15) is 5.10 Å². The standard InChI is InChI=1S/C16H13N3O2/c17-12-8-16-15(20-9-21-16)7-10(12)5-6-14-11-3-1-2-4-13(11)18-19-14/h1-8H,9,17H2,(H,18,19)/b6-5+. The largest absolute Gasteiger partial charge is 0.454 e. The Balaban J connectivity index is 1.72. The van der Waals surface area contributed by atoms with Crippen LogP contribution in [0.4, 0.5) is 5.69 Å². The molecule has 0 saturated carbocycles. The van der Waals surface area contributed by atoms with Crippen LogP contribution in [0.3, 0.4) is 0 Å². The predicted octanol–water partition coefficient (Wildman–Crippen LogP) is 3.04. The number of para-hydroxylation sites is 1. The second-order valence-corrected chi connectivity index (χ2v) is 4.82. The Labute approximate surface area is 121 Å². The molecule has 1 aromatic heterocycles. The van der Waals surface area contributed by atoms with Crippen molar-refractivity contribution < 1.29 is 9.47 Å². The summed E-state index contributed by atoms with van der Waals surface area (Å²) < 4.78 is 10.7. The Hall–Kier alpha value is -2.95. The topological polar surface area (TPSA) is 73.2 Å². The van der Waals surface area contributed by atoms with E-state index in [-0.39, 0.29) is 6.79 Å². The first kappa shape index (κ1) is 11.8. The van der Waals surface area contributed by atoms with Gasteiger partial charge in [0.05, 0.1) is 11.2 Å². The summed E-state index contributed by atoms with van der Waals surface area (Å²) >= 11 is 0. The number of ether oxygens (including phenoxy) is 2. The average Bonchev–Trinajstić information content (AvgIpc) is 3.11. The Morgan fingerprint density at radius 3 is 2.81 bits per heavy atom. The van der Waals surface area contributed by atoms with E-state index in [9.17, 15) is 0 Å². The number of fused-ring (bicyclic) bond motifs is 2. The molecule has 0 fully saturated rings. The lowest BCUT2D eigenvalue weighted by Gasteiger charge is -2.02. The first-order chi connectivity index (χ1) is 10.3. The third kappa shape index (κ3) is 1.99. The molecule has 1 aliphatic rings. The van der Waals surface area contributed by atoms with Gasteiger partial charge in [0.15, 0.2) is 11.5 Å². The van der Waals surface area contributed by atoms with Gasteiger partial charge < -0.3 is 15.2 Å². The van der Waals surface area contributed by atoms with Crippen LogP contribution in [0.25, 0.3) is 23.1 Å². The molecular formula is C16H13N3O2. The van der Waals surface area contributed by atoms with E-state index in [2.05, 4.69) is 10.2 Å². The molecule has 0 amide bonds. The van der Waals surface area contributed by atoms with Crippen LogP contribution in [0.2, 0.25) is 0 Å². The monoisotopic (exact) mass is 279 g/mol. The molecule has 0 aliphatic carbocycles. The fraction of sp³-hybridized carbons (Fsp3) is 0.0625. The van der Waals surface area contributed by atoms with Crippen LogP contribution in [0.1, 0.15) is 11.3 Å². The SMILES string of the molecule is Nc1cc2c(cc1/C=C/c1n[nH]c3ccccc13)OCO2. The fourth-order valence-electron chi connectivity index (χ4n) is 2.40. The van der Waals surface area contributed by atoms with Gasteiger partial charge >= 0.3 is 0 Å². The molecule has 1 aliphatic heterocycles. The maximum atomic E-state index is 6.03. The van der Waals surface area contributed by atoms with E-state index >= 15 is 0 Å². The van der Waals surface area contributed by atoms with Crippen molar-refractivity contribution in [3.63, 3.8) is 0 Å². The van der Waals surface area contributed by atoms with Crippen LogP contribution in [0.15, 0.2) is 36.4 Å². The maximum absolute atomic E-state index is 6.03. The first-order valence-corrected chi connectivity index (χ1v) is 6.61. The van der Waals surface area contributed by atoms with Crippen molar-refractivity contribution in [2.75, 3.05) is 12.5 Å². The van der Waals surface area contributed by atoms with Crippen LogP contribution in [-0.4, -0.2) is 17.0 Å². The van der Waals surface area contributed by atoms with Gasteiger partial charge in [-0.25, -0.2) is 0 Å². The lowest BCUT2D eigenvalue weighted by Crippen LogP contribution is -1.92. The maximum Gasteiger partial charge on any atom is 0.231 e. The van der Waals surface area contributed by atoms with E-state index in [1.807, 2.05) is 42.5 Å². The molecule has 104 valence electrons. The minimum absolute atomic E-state index is 0.242. The summed E-state index contributed by atoms with van der Waals surface area (Å²) in [6.45, 7) is 0.242. The Kier molecular flexibility index (Phi) is 2.57. The van der Waals surface area contributed by atoms with Gasteiger partial charge in [-0.3, -0.25) is 5.10 Å². The third-order valence-electron chi connectivity index (χ3n) is 3.50. The zero-order valence-corrected chi connectivity index (χ0v) is 11.2. The lowest BCUT2D eigenvalue weighted by atomic mass is 10.1. The Morgan fingerprint density at radius 2 is 1.90 bits per heavy atom. The lowest BCUT2D eigenvalue weighted by molar-refractivity contribution is 0.174. The van der Waals surface area contributed by atoms with E-state index in [4.69, 9.17) is 15.2 Å². The van der Waals surface area contributed by atoms with Gasteiger partial charge in [-0.1, -0.05) is 24.3 Å². The molecule has 0 atom stereocenters. The number of nitrogens with one attached hydrogen (secondary N) is 1. The smallest absolute Gasteiger partial charge is 0.231 e. The van der Waals surface area contributed by atoms with Gasteiger partial charge in [0.2, 0.25) is 6.79 Å². The highest BCUT2D eigenvalue weighted by molar-refractivity contribution is 5.90. The Bertz CT molecular complexity index is 852. The average molecular weight is 279 g/mol. The van der Waals surface area contributed by atoms with Crippen molar-refractivity contribution in [1.29, 1.82) is 0 Å². The highest BCUT2D eigenvalue weighted by Crippen LogP contribution is 2.36. The van der Waals surface area contributed by atoms with Crippen LogP contribution in [-0.2, 0) is 0 Å². The quantitative estimate of drug-likeness (QED) is 0.707. The summed E-state index contributed by atoms with van der Waals surface area (Å²) in [4.78, 5) is 0. The zero-order valence-electron chi connectivity index (χ0n) is 11.2. The second kappa shape index (κ2) is 4.56. The molecule has 0 saturated heterocycles. The van der Waals surface area contributed by atoms with E-state index in [0.29, 0.717) is 11.4 Å². The fourth-order valence-corrected chi connectivity index (χ4v) is 2.40. The van der Waals surface area contributed by atoms with Crippen molar-refractivity contribution in [1.82, 2.24) is 10.2 Å². The molecule has 0 bridgehead atoms. The Morgan fingerprint density at radius 1 is 1.10 bits per heavy atom. The molecule has 0 spiro atoms. The van der Waals surface area contributed by atoms with Crippen molar-refractivity contribution in [3.8, 4) is 11.5 Å². The summed E-state index contributed by atoms with van der Waals surface area (Å²) in [6, 6.07) is 11.7. The number of nitrogens with two attached hydrogens (primary N) is 1. The number of H-pyrrole nitrogens is 1. The number of hydrogen-bond acceptors (Lipinski definition) is 4. The molecule has 5 heteroatoms. The molecular weight excluding hydrogens is 266 g/mol. The number of nitrogens with zero attached hydrogens (tertiary/aromatic N) is 1. The van der Waals surface area contributed by atoms with E-state index < -0.39 is 0 Å². The summed E-state index contributed by atoms with van der Waals surface area (Å²) in [5, 5.41) is 8.38. The van der Waals surface area contributed by atoms with E-state index in [1.54, 1.807) is 6.07 Å². The second-order valence-electron chi connectivity index (χ2n) is 4.82. The molecule has 21 heavy (non-hydrogen) atoms. The number of aromatic nitrogens is 2. The van der Waals surface area contributed by atoms with E-state index in [1.165, 1.54) is 0 Å². The van der Waals surface area contributed by atoms with Crippen molar-refractivity contribution >= 4 is 28.7 Å². The molecule has 0 unspecified atom stereocenters. The molecule has 2 heterocycles. The molecule has 3 aromatic rings. The summed E-state index contributed by atoms with van der Waals surface area (Å²) in [7, 11) is 0. The molecule has 2 aromatic carbocycles. The molecule has 3 N–H and O–H groups in total. The van der Waals surface area contributed by atoms with Crippen LogP contribution < -0.4 is 15.2 Å². The molecule has 4 rings (SSSR count). The highest BCUT2D eigenvalue weighted by Gasteiger charge is 2.15. The first-order valence-electron chi connectivity index (χ1n) is 6.61. The van der Waals surface area contributed by atoms with Crippen molar-refractivity contribution in [2.24, 2.45) is 0 Å². The third-order valence-corrected chi connectivity index (χ3v) is 3.50. The molecule has 0 radical (unpaired) electrons. The summed E-state index contributed by atoms with van der Waals surface area (Å²) in [5.41, 5.74) is 9.45. The van der Waals surface area contributed by atoms with Crippen molar-refractivity contribution in [2.45, 2.75) is 0 Å². The van der Waals surface area contributed by atoms with Crippen LogP contribution >= 0.6 is 0 Å². The van der Waals surface area contributed by atoms with Crippen molar-refractivity contribution in [3.05, 3.63) is 47.7 Å². The van der Waals surface area contributed by atoms with Gasteiger partial charge in [0.1, 0.15) is 0 Å². The number of hydrogen-bond donors (Lipinski definition) is 2. The minimum atomic E-state index is 0.242. The van der Waals surface area contributed by atoms with Gasteiger partial charge in [0, 0.05) is 22.7 Å². The summed E-state index contributed by atoms with van der Waals surface area (Å²) in [5.74, 6) is 1.41. The number of rotatable bonds is 2. The predicted molar refractivity (Wildman–Crippen MR) is 82.0 cm³/mol. The van der Waals surface area contributed by atoms with Crippen LogP contribution in [0, 0.1) is 0 Å². The zero-order chi connectivity index (χ0) is 14.2. The number of aromatic amines is 1.